The summed E-state index contributed by atoms with van der Waals surface area (Å²) >= 11 is 0. The van der Waals surface area contributed by atoms with Crippen molar-refractivity contribution < 1.29 is 19.4 Å². The van der Waals surface area contributed by atoms with Gasteiger partial charge in [0, 0.05) is 37.8 Å². The summed E-state index contributed by atoms with van der Waals surface area (Å²) in [6.45, 7) is 6.37. The molecule has 8 heteroatoms. The molecule has 0 fully saturated rings. The highest BCUT2D eigenvalue weighted by molar-refractivity contribution is 5.94. The molecule has 1 aromatic heterocycles. The van der Waals surface area contributed by atoms with Gasteiger partial charge >= 0.3 is 6.09 Å². The number of hydrogen-bond acceptors (Lipinski definition) is 5. The fraction of sp³-hybridized carbons (Fsp3) is 0.667. The highest BCUT2D eigenvalue weighted by Gasteiger charge is 2.31. The van der Waals surface area contributed by atoms with Gasteiger partial charge in [0.2, 0.25) is 0 Å². The van der Waals surface area contributed by atoms with E-state index in [0.29, 0.717) is 18.7 Å². The summed E-state index contributed by atoms with van der Waals surface area (Å²) < 4.78 is 5.38. The van der Waals surface area contributed by atoms with Crippen LogP contribution in [0.3, 0.4) is 0 Å². The molecule has 0 aliphatic carbocycles. The largest absolute Gasteiger partial charge is 0.444 e. The first kappa shape index (κ1) is 17.3. The van der Waals surface area contributed by atoms with Crippen molar-refractivity contribution in [2.75, 3.05) is 26.7 Å². The summed E-state index contributed by atoms with van der Waals surface area (Å²) in [6.07, 6.45) is 0.199. The third-order valence-corrected chi connectivity index (χ3v) is 3.57. The standard InChI is InChI=1S/C15H24N4O4/c1-15(2,3)23-14(22)19-6-5-11-10(9-19)12(17-16-11)13(21)18(4)7-8-20/h20H,5-9H2,1-4H3,(H,16,17). The van der Waals surface area contributed by atoms with Crippen molar-refractivity contribution in [1.29, 1.82) is 0 Å². The number of H-pyrrole nitrogens is 1. The summed E-state index contributed by atoms with van der Waals surface area (Å²) in [5.41, 5.74) is 1.32. The van der Waals surface area contributed by atoms with Gasteiger partial charge in [-0.2, -0.15) is 5.10 Å². The van der Waals surface area contributed by atoms with E-state index in [4.69, 9.17) is 9.84 Å². The number of carbonyl (C=O) groups is 2. The van der Waals surface area contributed by atoms with E-state index in [0.717, 1.165) is 11.3 Å². The van der Waals surface area contributed by atoms with Crippen LogP contribution in [-0.4, -0.2) is 69.4 Å². The molecule has 0 atom stereocenters. The van der Waals surface area contributed by atoms with Crippen LogP contribution in [-0.2, 0) is 17.7 Å². The lowest BCUT2D eigenvalue weighted by Crippen LogP contribution is -2.40. The van der Waals surface area contributed by atoms with Crippen LogP contribution in [0.25, 0.3) is 0 Å². The monoisotopic (exact) mass is 324 g/mol. The molecule has 0 saturated carbocycles. The van der Waals surface area contributed by atoms with E-state index in [1.54, 1.807) is 11.9 Å². The molecule has 128 valence electrons. The van der Waals surface area contributed by atoms with Gasteiger partial charge in [0.15, 0.2) is 5.69 Å². The Labute approximate surface area is 135 Å². The first-order valence-corrected chi connectivity index (χ1v) is 7.63. The molecule has 0 bridgehead atoms. The lowest BCUT2D eigenvalue weighted by molar-refractivity contribution is 0.0222. The van der Waals surface area contributed by atoms with Crippen molar-refractivity contribution >= 4 is 12.0 Å². The minimum Gasteiger partial charge on any atom is -0.444 e. The second-order valence-electron chi connectivity index (χ2n) is 6.63. The number of amides is 2. The predicted octanol–water partition coefficient (Wildman–Crippen LogP) is 0.767. The number of nitrogens with zero attached hydrogens (tertiary/aromatic N) is 3. The maximum atomic E-state index is 12.4. The average Bonchev–Trinajstić information content (AvgIpc) is 2.87. The van der Waals surface area contributed by atoms with E-state index in [2.05, 4.69) is 10.2 Å². The number of hydrogen-bond donors (Lipinski definition) is 2. The molecule has 0 radical (unpaired) electrons. The van der Waals surface area contributed by atoms with Gasteiger partial charge in [-0.05, 0) is 20.8 Å². The molecular weight excluding hydrogens is 300 g/mol. The van der Waals surface area contributed by atoms with Gasteiger partial charge in [0.05, 0.1) is 13.2 Å². The predicted molar refractivity (Wildman–Crippen MR) is 83.0 cm³/mol. The molecule has 8 nitrogen and oxygen atoms in total. The molecule has 0 spiro atoms. The summed E-state index contributed by atoms with van der Waals surface area (Å²) in [5.74, 6) is -0.275. The van der Waals surface area contributed by atoms with E-state index >= 15 is 0 Å². The van der Waals surface area contributed by atoms with E-state index in [1.165, 1.54) is 4.90 Å². The molecule has 0 saturated heterocycles. The molecular formula is C15H24N4O4. The fourth-order valence-electron chi connectivity index (χ4n) is 2.39. The van der Waals surface area contributed by atoms with E-state index in [1.807, 2.05) is 20.8 Å². The second kappa shape index (κ2) is 6.57. The Morgan fingerprint density at radius 2 is 2.13 bits per heavy atom. The van der Waals surface area contributed by atoms with Crippen molar-refractivity contribution in [3.05, 3.63) is 17.0 Å². The van der Waals surface area contributed by atoms with Gasteiger partial charge in [-0.3, -0.25) is 9.89 Å². The SMILES string of the molecule is CN(CCO)C(=O)c1n[nH]c2c1CN(C(=O)OC(C)(C)C)CC2. The molecule has 1 aliphatic heterocycles. The average molecular weight is 324 g/mol. The van der Waals surface area contributed by atoms with Crippen LogP contribution >= 0.6 is 0 Å². The van der Waals surface area contributed by atoms with Crippen LogP contribution in [0, 0.1) is 0 Å². The Balaban J connectivity index is 2.15. The zero-order chi connectivity index (χ0) is 17.2. The van der Waals surface area contributed by atoms with Crippen molar-refractivity contribution in [3.63, 3.8) is 0 Å². The second-order valence-corrected chi connectivity index (χ2v) is 6.63. The molecule has 0 aromatic carbocycles. The number of aromatic amines is 1. The summed E-state index contributed by atoms with van der Waals surface area (Å²) in [6, 6.07) is 0. The molecule has 0 unspecified atom stereocenters. The Morgan fingerprint density at radius 1 is 1.43 bits per heavy atom. The number of rotatable bonds is 3. The van der Waals surface area contributed by atoms with Gasteiger partial charge in [0.1, 0.15) is 5.60 Å². The molecule has 2 rings (SSSR count). The number of likely N-dealkylation sites (N-methyl/N-ethyl adjacent to an activating group) is 1. The summed E-state index contributed by atoms with van der Waals surface area (Å²) in [7, 11) is 1.61. The number of aliphatic hydroxyl groups excluding tert-OH is 1. The summed E-state index contributed by atoms with van der Waals surface area (Å²) in [5, 5.41) is 15.9. The van der Waals surface area contributed by atoms with Gasteiger partial charge in [-0.25, -0.2) is 4.79 Å². The van der Waals surface area contributed by atoms with Gasteiger partial charge in [0.25, 0.3) is 5.91 Å². The number of aromatic nitrogens is 2. The quantitative estimate of drug-likeness (QED) is 0.855. The van der Waals surface area contributed by atoms with Crippen molar-refractivity contribution in [1.82, 2.24) is 20.0 Å². The first-order valence-electron chi connectivity index (χ1n) is 7.63. The third-order valence-electron chi connectivity index (χ3n) is 3.57. The van der Waals surface area contributed by atoms with Crippen molar-refractivity contribution in [2.24, 2.45) is 0 Å². The molecule has 1 aliphatic rings. The third kappa shape index (κ3) is 4.01. The van der Waals surface area contributed by atoms with E-state index < -0.39 is 11.7 Å². The molecule has 2 amide bonds. The van der Waals surface area contributed by atoms with Crippen LogP contribution in [0.1, 0.15) is 42.5 Å². The van der Waals surface area contributed by atoms with Gasteiger partial charge in [-0.1, -0.05) is 0 Å². The first-order chi connectivity index (χ1) is 10.7. The number of fused-ring (bicyclic) bond motifs is 1. The minimum atomic E-state index is -0.562. The lowest BCUT2D eigenvalue weighted by Gasteiger charge is -2.30. The fourth-order valence-corrected chi connectivity index (χ4v) is 2.39. The Morgan fingerprint density at radius 3 is 2.74 bits per heavy atom. The summed E-state index contributed by atoms with van der Waals surface area (Å²) in [4.78, 5) is 27.6. The van der Waals surface area contributed by atoms with Crippen LogP contribution in [0.15, 0.2) is 0 Å². The van der Waals surface area contributed by atoms with Gasteiger partial charge in [-0.15, -0.1) is 0 Å². The molecule has 2 N–H and O–H groups in total. The topological polar surface area (TPSA) is 98.8 Å². The minimum absolute atomic E-state index is 0.112. The Bertz CT molecular complexity index is 591. The van der Waals surface area contributed by atoms with Crippen molar-refractivity contribution in [2.45, 2.75) is 39.3 Å². The smallest absolute Gasteiger partial charge is 0.410 e. The molecule has 1 aromatic rings. The van der Waals surface area contributed by atoms with E-state index in [9.17, 15) is 9.59 Å². The molecule has 2 heterocycles. The maximum Gasteiger partial charge on any atom is 0.410 e. The van der Waals surface area contributed by atoms with Crippen LogP contribution in [0.4, 0.5) is 4.79 Å². The number of carbonyl (C=O) groups excluding carboxylic acids is 2. The molecule has 23 heavy (non-hydrogen) atoms. The normalized spacial score (nSPS) is 14.4. The van der Waals surface area contributed by atoms with Crippen molar-refractivity contribution in [3.8, 4) is 0 Å². The van der Waals surface area contributed by atoms with Crippen LogP contribution in [0.5, 0.6) is 0 Å². The lowest BCUT2D eigenvalue weighted by atomic mass is 10.1. The Kier molecular flexibility index (Phi) is 4.93. The van der Waals surface area contributed by atoms with E-state index in [-0.39, 0.29) is 25.6 Å². The van der Waals surface area contributed by atoms with Crippen LogP contribution in [0.2, 0.25) is 0 Å². The highest BCUT2D eigenvalue weighted by atomic mass is 16.6. The maximum absolute atomic E-state index is 12.4. The zero-order valence-electron chi connectivity index (χ0n) is 14.0. The number of ether oxygens (including phenoxy) is 1. The Hall–Kier alpha value is -2.09. The van der Waals surface area contributed by atoms with Crippen LogP contribution < -0.4 is 0 Å². The number of nitrogens with one attached hydrogen (secondary N) is 1. The van der Waals surface area contributed by atoms with Gasteiger partial charge < -0.3 is 19.6 Å². The zero-order valence-corrected chi connectivity index (χ0v) is 14.0. The highest BCUT2D eigenvalue weighted by Crippen LogP contribution is 2.23. The number of aliphatic hydroxyl groups is 1.